The van der Waals surface area contributed by atoms with Crippen molar-refractivity contribution in [1.29, 1.82) is 0 Å². The lowest BCUT2D eigenvalue weighted by Gasteiger charge is -2.35. The molecule has 0 fully saturated rings. The van der Waals surface area contributed by atoms with Gasteiger partial charge in [-0.05, 0) is 81.3 Å². The molecule has 3 rings (SSSR count). The summed E-state index contributed by atoms with van der Waals surface area (Å²) in [4.78, 5) is 41.4. The summed E-state index contributed by atoms with van der Waals surface area (Å²) in [5.74, 6) is -3.22. The number of phenolic OH excluding ortho intramolecular Hbond substituents is 1. The minimum Gasteiger partial charge on any atom is -0.510 e. The number of carbonyl (C=O) groups excluding carboxylic acids is 3. The molecule has 0 saturated heterocycles. The normalized spacial score (nSPS) is 19.7. The Morgan fingerprint density at radius 1 is 1.21 bits per heavy atom. The quantitative estimate of drug-likeness (QED) is 0.153. The number of carbonyl (C=O) groups is 3. The summed E-state index contributed by atoms with van der Waals surface area (Å²) in [7, 11) is 6.95. The molecule has 0 heterocycles. The molecule has 3 atom stereocenters. The van der Waals surface area contributed by atoms with Gasteiger partial charge in [0, 0.05) is 31.8 Å². The van der Waals surface area contributed by atoms with Gasteiger partial charge in [0.2, 0.25) is 0 Å². The Bertz CT molecular complexity index is 1240. The number of hydrogen-bond acceptors (Lipinski definition) is 8. The molecule has 0 aliphatic heterocycles. The van der Waals surface area contributed by atoms with Crippen LogP contribution in [0.1, 0.15) is 66.9 Å². The van der Waals surface area contributed by atoms with Crippen molar-refractivity contribution in [3.8, 4) is 5.75 Å². The van der Waals surface area contributed by atoms with Crippen LogP contribution in [0.4, 0.5) is 5.69 Å². The average molecular weight is 540 g/mol. The molecule has 1 aromatic carbocycles. The van der Waals surface area contributed by atoms with Gasteiger partial charge in [-0.2, -0.15) is 0 Å². The van der Waals surface area contributed by atoms with Crippen molar-refractivity contribution in [3.63, 3.8) is 0 Å². The molecular weight excluding hydrogens is 498 g/mol. The Hall–Kier alpha value is -3.43. The third kappa shape index (κ3) is 5.94. The van der Waals surface area contributed by atoms with Crippen LogP contribution in [0.2, 0.25) is 0 Å². The molecule has 0 spiro atoms. The number of anilines is 1. The number of nitrogens with zero attached hydrogens (tertiary/aromatic N) is 2. The van der Waals surface area contributed by atoms with Crippen LogP contribution in [-0.4, -0.2) is 78.0 Å². The molecule has 2 aliphatic carbocycles. The lowest BCUT2D eigenvalue weighted by molar-refractivity contribution is -0.121. The van der Waals surface area contributed by atoms with E-state index in [4.69, 9.17) is 5.73 Å². The fourth-order valence-electron chi connectivity index (χ4n) is 5.74. The highest BCUT2D eigenvalue weighted by Crippen LogP contribution is 2.45. The predicted molar refractivity (Wildman–Crippen MR) is 152 cm³/mol. The van der Waals surface area contributed by atoms with Crippen molar-refractivity contribution < 1.29 is 29.7 Å². The third-order valence-corrected chi connectivity index (χ3v) is 7.79. The average Bonchev–Trinajstić information content (AvgIpc) is 2.86. The van der Waals surface area contributed by atoms with Gasteiger partial charge in [-0.15, -0.1) is 0 Å². The number of Topliss-reactive ketones (excluding diaryl/α,β-unsaturated/α-hetero) is 2. The van der Waals surface area contributed by atoms with E-state index in [1.807, 2.05) is 25.1 Å². The molecule has 0 radical (unpaired) electrons. The number of hydrogen-bond donors (Lipinski definition) is 4. The van der Waals surface area contributed by atoms with E-state index >= 15 is 0 Å². The summed E-state index contributed by atoms with van der Waals surface area (Å²) in [5, 5.41) is 33.5. The molecule has 39 heavy (non-hydrogen) atoms. The van der Waals surface area contributed by atoms with E-state index in [0.29, 0.717) is 17.5 Å². The minimum absolute atomic E-state index is 0.0177. The van der Waals surface area contributed by atoms with E-state index in [9.17, 15) is 29.7 Å². The monoisotopic (exact) mass is 539 g/mol. The number of ketones is 2. The van der Waals surface area contributed by atoms with Gasteiger partial charge < -0.3 is 26.0 Å². The number of amides is 1. The second-order valence-electron chi connectivity index (χ2n) is 10.9. The number of aliphatic hydroxyl groups excluding tert-OH is 2. The Kier molecular flexibility index (Phi) is 9.40. The van der Waals surface area contributed by atoms with E-state index < -0.39 is 41.1 Å². The van der Waals surface area contributed by atoms with E-state index in [1.165, 1.54) is 4.90 Å². The third-order valence-electron chi connectivity index (χ3n) is 7.79. The van der Waals surface area contributed by atoms with Gasteiger partial charge in [-0.25, -0.2) is 0 Å². The number of aromatic hydroxyl groups is 1. The zero-order chi connectivity index (χ0) is 29.2. The molecular formula is C30H41N3O6. The summed E-state index contributed by atoms with van der Waals surface area (Å²) in [6.45, 7) is 5.57. The van der Waals surface area contributed by atoms with Crippen molar-refractivity contribution in [1.82, 2.24) is 4.90 Å². The topological polar surface area (TPSA) is 144 Å². The second kappa shape index (κ2) is 12.2. The largest absolute Gasteiger partial charge is 0.510 e. The van der Waals surface area contributed by atoms with Crippen LogP contribution in [-0.2, 0) is 16.0 Å². The number of benzene rings is 1. The Morgan fingerprint density at radius 3 is 2.38 bits per heavy atom. The van der Waals surface area contributed by atoms with Crippen molar-refractivity contribution in [2.75, 3.05) is 33.1 Å². The maximum atomic E-state index is 13.6. The fraction of sp³-hybridized carbons (Fsp3) is 0.500. The SMILES string of the molecule is C=C1C(=O)c2c(O)c(C3=CCCCC3)cc(N(C)C)c2C[C@H]1C[C@H](O)[C@@H](/C(O)=C(/C(N)=O)C(=O)CC)N(C)C. The first-order chi connectivity index (χ1) is 18.3. The lowest BCUT2D eigenvalue weighted by Crippen LogP contribution is -2.44. The van der Waals surface area contributed by atoms with Gasteiger partial charge in [-0.3, -0.25) is 19.3 Å². The van der Waals surface area contributed by atoms with Crippen LogP contribution in [0.25, 0.3) is 5.57 Å². The van der Waals surface area contributed by atoms with E-state index in [1.54, 1.807) is 21.0 Å². The zero-order valence-electron chi connectivity index (χ0n) is 23.6. The molecule has 0 aromatic heterocycles. The van der Waals surface area contributed by atoms with Crippen LogP contribution in [0.5, 0.6) is 5.75 Å². The minimum atomic E-state index is -1.27. The number of fused-ring (bicyclic) bond motifs is 1. The number of allylic oxidation sites excluding steroid dienone is 3. The van der Waals surface area contributed by atoms with Gasteiger partial charge in [0.1, 0.15) is 17.1 Å². The molecule has 0 saturated carbocycles. The van der Waals surface area contributed by atoms with Crippen LogP contribution < -0.4 is 10.6 Å². The van der Waals surface area contributed by atoms with E-state index in [-0.39, 0.29) is 35.5 Å². The molecule has 212 valence electrons. The number of phenols is 1. The summed E-state index contributed by atoms with van der Waals surface area (Å²) < 4.78 is 0. The first-order valence-electron chi connectivity index (χ1n) is 13.4. The maximum Gasteiger partial charge on any atom is 0.255 e. The van der Waals surface area contributed by atoms with Crippen molar-refractivity contribution in [2.24, 2.45) is 11.7 Å². The van der Waals surface area contributed by atoms with Crippen LogP contribution >= 0.6 is 0 Å². The molecule has 9 nitrogen and oxygen atoms in total. The van der Waals surface area contributed by atoms with E-state index in [2.05, 4.69) is 12.7 Å². The summed E-state index contributed by atoms with van der Waals surface area (Å²) in [6, 6.07) is 0.807. The molecule has 5 N–H and O–H groups in total. The van der Waals surface area contributed by atoms with Gasteiger partial charge in [0.15, 0.2) is 11.6 Å². The smallest absolute Gasteiger partial charge is 0.255 e. The first-order valence-corrected chi connectivity index (χ1v) is 13.4. The van der Waals surface area contributed by atoms with Crippen LogP contribution in [0.15, 0.2) is 35.6 Å². The van der Waals surface area contributed by atoms with Crippen molar-refractivity contribution in [3.05, 3.63) is 52.3 Å². The molecule has 0 unspecified atom stereocenters. The van der Waals surface area contributed by atoms with E-state index in [0.717, 1.165) is 36.9 Å². The van der Waals surface area contributed by atoms with Gasteiger partial charge in [-0.1, -0.05) is 19.6 Å². The van der Waals surface area contributed by atoms with Crippen molar-refractivity contribution in [2.45, 2.75) is 64.0 Å². The first kappa shape index (κ1) is 30.1. The zero-order valence-corrected chi connectivity index (χ0v) is 23.6. The van der Waals surface area contributed by atoms with Crippen molar-refractivity contribution >= 4 is 28.7 Å². The summed E-state index contributed by atoms with van der Waals surface area (Å²) in [6.07, 6.45) is 5.05. The van der Waals surface area contributed by atoms with Gasteiger partial charge in [0.05, 0.1) is 17.7 Å². The molecule has 0 bridgehead atoms. The Morgan fingerprint density at radius 2 is 1.87 bits per heavy atom. The molecule has 2 aliphatic rings. The summed E-state index contributed by atoms with van der Waals surface area (Å²) >= 11 is 0. The van der Waals surface area contributed by atoms with Crippen LogP contribution in [0, 0.1) is 5.92 Å². The number of aliphatic hydroxyl groups is 2. The number of rotatable bonds is 10. The predicted octanol–water partition coefficient (Wildman–Crippen LogP) is 3.28. The van der Waals surface area contributed by atoms with Gasteiger partial charge >= 0.3 is 0 Å². The highest BCUT2D eigenvalue weighted by Gasteiger charge is 2.39. The lowest BCUT2D eigenvalue weighted by atomic mass is 9.74. The maximum absolute atomic E-state index is 13.6. The Balaban J connectivity index is 2.03. The van der Waals surface area contributed by atoms with Crippen LogP contribution in [0.3, 0.4) is 0 Å². The summed E-state index contributed by atoms with van der Waals surface area (Å²) in [5.41, 5.74) is 8.52. The molecule has 1 aromatic rings. The fourth-order valence-corrected chi connectivity index (χ4v) is 5.74. The molecule has 9 heteroatoms. The molecule has 1 amide bonds. The highest BCUT2D eigenvalue weighted by molar-refractivity contribution is 6.19. The number of likely N-dealkylation sites (N-methyl/N-ethyl adjacent to an activating group) is 1. The standard InChI is InChI=1S/C30H41N3O6/c1-7-22(34)25(30(31)39)29(38)26(33(5)6)23(35)14-18-13-20-21(32(3)4)15-19(17-11-9-8-10-12-17)28(37)24(20)27(36)16(18)2/h11,15,18,23,26,35,37-38H,2,7-10,12-14H2,1,3-6H3,(H2,31,39)/b29-25-/t18-,23-,26-/m0/s1. The Labute approximate surface area is 230 Å². The highest BCUT2D eigenvalue weighted by atomic mass is 16.3. The number of nitrogens with two attached hydrogens (primary N) is 1. The number of primary amides is 1. The second-order valence-corrected chi connectivity index (χ2v) is 10.9. The van der Waals surface area contributed by atoms with Gasteiger partial charge in [0.25, 0.3) is 5.91 Å².